The van der Waals surface area contributed by atoms with Crippen LogP contribution in [0, 0.1) is 5.92 Å². The lowest BCUT2D eigenvalue weighted by atomic mass is 9.95. The van der Waals surface area contributed by atoms with Crippen molar-refractivity contribution in [3.05, 3.63) is 81.7 Å². The van der Waals surface area contributed by atoms with Crippen molar-refractivity contribution in [2.75, 3.05) is 23.3 Å². The van der Waals surface area contributed by atoms with Gasteiger partial charge in [0.25, 0.3) is 5.56 Å². The van der Waals surface area contributed by atoms with Gasteiger partial charge in [-0.25, -0.2) is 0 Å². The molecule has 1 aromatic heterocycles. The molecule has 31 heavy (non-hydrogen) atoms. The predicted octanol–water partition coefficient (Wildman–Crippen LogP) is 3.55. The van der Waals surface area contributed by atoms with Crippen molar-refractivity contribution >= 4 is 35.2 Å². The van der Waals surface area contributed by atoms with Crippen molar-refractivity contribution in [1.29, 1.82) is 0 Å². The second-order valence-electron chi connectivity index (χ2n) is 7.38. The van der Waals surface area contributed by atoms with Crippen molar-refractivity contribution in [2.45, 2.75) is 12.8 Å². The lowest BCUT2D eigenvalue weighted by molar-refractivity contribution is -0.120. The first kappa shape index (κ1) is 20.8. The van der Waals surface area contributed by atoms with Gasteiger partial charge in [-0.3, -0.25) is 14.4 Å². The number of piperidine rings is 1. The van der Waals surface area contributed by atoms with Gasteiger partial charge in [-0.2, -0.15) is 9.78 Å². The third-order valence-corrected chi connectivity index (χ3v) is 5.80. The number of para-hydroxylation sites is 1. The number of hydrogen-bond donors (Lipinski definition) is 1. The topological polar surface area (TPSA) is 84.3 Å². The Labute approximate surface area is 184 Å². The van der Waals surface area contributed by atoms with Gasteiger partial charge in [-0.1, -0.05) is 29.8 Å². The normalized spacial score (nSPS) is 14.3. The summed E-state index contributed by atoms with van der Waals surface area (Å²) in [4.78, 5) is 38.3. The average Bonchev–Trinajstić information content (AvgIpc) is 2.83. The van der Waals surface area contributed by atoms with E-state index >= 15 is 0 Å². The molecule has 3 aromatic rings. The van der Waals surface area contributed by atoms with Gasteiger partial charge in [0.05, 0.1) is 17.6 Å². The van der Waals surface area contributed by atoms with Crippen molar-refractivity contribution < 1.29 is 9.59 Å². The molecule has 1 fully saturated rings. The molecule has 1 aliphatic rings. The number of aromatic nitrogens is 2. The van der Waals surface area contributed by atoms with E-state index in [2.05, 4.69) is 15.3 Å². The molecule has 0 atom stereocenters. The van der Waals surface area contributed by atoms with Gasteiger partial charge in [-0.05, 0) is 49.2 Å². The van der Waals surface area contributed by atoms with Crippen LogP contribution < -0.4 is 15.8 Å². The zero-order chi connectivity index (χ0) is 21.8. The molecular formula is C23H21ClN4O3. The second kappa shape index (κ2) is 9.14. The number of nitrogens with zero attached hydrogens (tertiary/aromatic N) is 3. The van der Waals surface area contributed by atoms with E-state index in [-0.39, 0.29) is 22.5 Å². The van der Waals surface area contributed by atoms with E-state index in [1.54, 1.807) is 36.4 Å². The molecule has 0 spiro atoms. The largest absolute Gasteiger partial charge is 0.371 e. The van der Waals surface area contributed by atoms with Crippen molar-refractivity contribution in [1.82, 2.24) is 9.78 Å². The fourth-order valence-electron chi connectivity index (χ4n) is 3.67. The molecule has 1 saturated heterocycles. The highest BCUT2D eigenvalue weighted by Crippen LogP contribution is 2.25. The molecule has 158 valence electrons. The van der Waals surface area contributed by atoms with E-state index in [1.165, 1.54) is 10.9 Å². The predicted molar refractivity (Wildman–Crippen MR) is 120 cm³/mol. The average molecular weight is 437 g/mol. The lowest BCUT2D eigenvalue weighted by Gasteiger charge is -2.33. The van der Waals surface area contributed by atoms with E-state index in [1.807, 2.05) is 18.2 Å². The Hall–Kier alpha value is -3.45. The molecule has 2 aromatic carbocycles. The fraction of sp³-hybridized carbons (Fsp3) is 0.217. The minimum absolute atomic E-state index is 0.0695. The van der Waals surface area contributed by atoms with Crippen LogP contribution in [0.25, 0.3) is 5.69 Å². The highest BCUT2D eigenvalue weighted by molar-refractivity contribution is 6.33. The summed E-state index contributed by atoms with van der Waals surface area (Å²) in [5.41, 5.74) is 2.00. The molecule has 1 N–H and O–H groups in total. The lowest BCUT2D eigenvalue weighted by Crippen LogP contribution is -2.38. The second-order valence-corrected chi connectivity index (χ2v) is 7.76. The SMILES string of the molecule is O=Cc1ccc(N2CCC(C(=O)Nc3cnn(-c4ccccc4)c(=O)c3Cl)CC2)cc1. The van der Waals surface area contributed by atoms with Crippen LogP contribution in [0.5, 0.6) is 0 Å². The summed E-state index contributed by atoms with van der Waals surface area (Å²) >= 11 is 6.24. The maximum atomic E-state index is 12.7. The number of amides is 1. The van der Waals surface area contributed by atoms with Crippen molar-refractivity contribution in [3.8, 4) is 5.69 Å². The first-order valence-corrected chi connectivity index (χ1v) is 10.4. The summed E-state index contributed by atoms with van der Waals surface area (Å²) in [6.45, 7) is 1.44. The third kappa shape index (κ3) is 4.51. The first-order valence-electron chi connectivity index (χ1n) is 10.0. The molecule has 0 bridgehead atoms. The summed E-state index contributed by atoms with van der Waals surface area (Å²) in [6, 6.07) is 16.4. The summed E-state index contributed by atoms with van der Waals surface area (Å²) in [6.07, 6.45) is 3.57. The highest BCUT2D eigenvalue weighted by atomic mass is 35.5. The molecule has 0 radical (unpaired) electrons. The molecule has 1 aliphatic heterocycles. The number of rotatable bonds is 5. The molecule has 2 heterocycles. The quantitative estimate of drug-likeness (QED) is 0.618. The van der Waals surface area contributed by atoms with Gasteiger partial charge < -0.3 is 10.2 Å². The highest BCUT2D eigenvalue weighted by Gasteiger charge is 2.26. The molecule has 0 aliphatic carbocycles. The zero-order valence-corrected chi connectivity index (χ0v) is 17.5. The number of aldehydes is 1. The maximum Gasteiger partial charge on any atom is 0.292 e. The summed E-state index contributed by atoms with van der Waals surface area (Å²) in [7, 11) is 0. The van der Waals surface area contributed by atoms with Crippen LogP contribution in [-0.2, 0) is 4.79 Å². The Morgan fingerprint density at radius 1 is 1.03 bits per heavy atom. The van der Waals surface area contributed by atoms with E-state index in [0.29, 0.717) is 24.1 Å². The number of carbonyl (C=O) groups is 2. The van der Waals surface area contributed by atoms with Gasteiger partial charge in [0.1, 0.15) is 11.3 Å². The van der Waals surface area contributed by atoms with Gasteiger partial charge in [-0.15, -0.1) is 0 Å². The third-order valence-electron chi connectivity index (χ3n) is 5.44. The van der Waals surface area contributed by atoms with Gasteiger partial charge in [0.15, 0.2) is 0 Å². The maximum absolute atomic E-state index is 12.7. The van der Waals surface area contributed by atoms with Crippen LogP contribution in [0.1, 0.15) is 23.2 Å². The minimum Gasteiger partial charge on any atom is -0.371 e. The van der Waals surface area contributed by atoms with Crippen LogP contribution in [0.15, 0.2) is 65.6 Å². The monoisotopic (exact) mass is 436 g/mol. The van der Waals surface area contributed by atoms with E-state index in [0.717, 1.165) is 25.1 Å². The summed E-state index contributed by atoms with van der Waals surface area (Å²) < 4.78 is 1.20. The van der Waals surface area contributed by atoms with Gasteiger partial charge in [0.2, 0.25) is 5.91 Å². The van der Waals surface area contributed by atoms with Crippen LogP contribution in [0.3, 0.4) is 0 Å². The van der Waals surface area contributed by atoms with Gasteiger partial charge in [0, 0.05) is 30.3 Å². The number of carbonyl (C=O) groups excluding carboxylic acids is 2. The van der Waals surface area contributed by atoms with Crippen LogP contribution in [0.4, 0.5) is 11.4 Å². The summed E-state index contributed by atoms with van der Waals surface area (Å²) in [5, 5.41) is 6.84. The standard InChI is InChI=1S/C23H21ClN4O3/c24-21-20(14-25-28(23(21)31)19-4-2-1-3-5-19)26-22(30)17-10-12-27(13-11-17)18-8-6-16(15-29)7-9-18/h1-9,14-15,17H,10-13H2,(H,26,30). The number of hydrogen-bond acceptors (Lipinski definition) is 5. The summed E-state index contributed by atoms with van der Waals surface area (Å²) in [5.74, 6) is -0.352. The molecule has 7 nitrogen and oxygen atoms in total. The Kier molecular flexibility index (Phi) is 6.13. The van der Waals surface area contributed by atoms with Crippen molar-refractivity contribution in [3.63, 3.8) is 0 Å². The van der Waals surface area contributed by atoms with Crippen LogP contribution in [0.2, 0.25) is 5.02 Å². The zero-order valence-electron chi connectivity index (χ0n) is 16.7. The molecule has 1 amide bonds. The van der Waals surface area contributed by atoms with E-state index in [4.69, 9.17) is 11.6 Å². The molecule has 0 saturated carbocycles. The molecule has 8 heteroatoms. The van der Waals surface area contributed by atoms with E-state index in [9.17, 15) is 14.4 Å². The number of halogens is 1. The van der Waals surface area contributed by atoms with E-state index < -0.39 is 5.56 Å². The number of nitrogens with one attached hydrogen (secondary N) is 1. The first-order chi connectivity index (χ1) is 15.1. The fourth-order valence-corrected chi connectivity index (χ4v) is 3.85. The molecule has 4 rings (SSSR count). The molecular weight excluding hydrogens is 416 g/mol. The Bertz CT molecular complexity index is 1140. The Morgan fingerprint density at radius 2 is 1.71 bits per heavy atom. The smallest absolute Gasteiger partial charge is 0.292 e. The van der Waals surface area contributed by atoms with Crippen LogP contribution in [-0.4, -0.2) is 35.1 Å². The minimum atomic E-state index is -0.487. The Balaban J connectivity index is 1.40. The Morgan fingerprint density at radius 3 is 2.35 bits per heavy atom. The number of anilines is 2. The molecule has 0 unspecified atom stereocenters. The number of benzene rings is 2. The van der Waals surface area contributed by atoms with Crippen molar-refractivity contribution in [2.24, 2.45) is 5.92 Å². The van der Waals surface area contributed by atoms with Gasteiger partial charge >= 0.3 is 0 Å². The van der Waals surface area contributed by atoms with Crippen LogP contribution >= 0.6 is 11.6 Å².